The van der Waals surface area contributed by atoms with Crippen molar-refractivity contribution in [3.05, 3.63) is 60.2 Å². The van der Waals surface area contributed by atoms with Crippen LogP contribution in [0.1, 0.15) is 30.1 Å². The molecule has 0 unspecified atom stereocenters. The molecule has 0 spiro atoms. The van der Waals surface area contributed by atoms with E-state index in [2.05, 4.69) is 0 Å². The Morgan fingerprint density at radius 3 is 2.38 bits per heavy atom. The Labute approximate surface area is 124 Å². The third-order valence-electron chi connectivity index (χ3n) is 3.12. The molecule has 0 aromatic heterocycles. The normalized spacial score (nSPS) is 14.9. The number of hydrogen-bond donors (Lipinski definition) is 0. The van der Waals surface area contributed by atoms with Gasteiger partial charge in [-0.15, -0.1) is 0 Å². The molecule has 0 saturated heterocycles. The number of rotatable bonds is 6. The number of esters is 2. The molecule has 1 aliphatic rings. The summed E-state index contributed by atoms with van der Waals surface area (Å²) in [6, 6.07) is 8.56. The number of benzene rings is 1. The molecule has 1 aromatic carbocycles. The Morgan fingerprint density at radius 1 is 1.10 bits per heavy atom. The zero-order chi connectivity index (χ0) is 15.1. The minimum Gasteiger partial charge on any atom is -0.462 e. The fourth-order valence-corrected chi connectivity index (χ4v) is 1.91. The first-order valence-corrected chi connectivity index (χ1v) is 7.00. The summed E-state index contributed by atoms with van der Waals surface area (Å²) >= 11 is 0. The first kappa shape index (κ1) is 15.0. The van der Waals surface area contributed by atoms with E-state index in [4.69, 9.17) is 9.47 Å². The molecule has 0 amide bonds. The second-order valence-electron chi connectivity index (χ2n) is 4.76. The Morgan fingerprint density at radius 2 is 1.76 bits per heavy atom. The third-order valence-corrected chi connectivity index (χ3v) is 3.12. The van der Waals surface area contributed by atoms with Crippen LogP contribution in [0, 0.1) is 0 Å². The van der Waals surface area contributed by atoms with Crippen molar-refractivity contribution in [3.8, 4) is 0 Å². The van der Waals surface area contributed by atoms with E-state index in [0.717, 1.165) is 12.8 Å². The molecule has 2 rings (SSSR count). The summed E-state index contributed by atoms with van der Waals surface area (Å²) < 4.78 is 10.6. The summed E-state index contributed by atoms with van der Waals surface area (Å²) in [4.78, 5) is 24.3. The van der Waals surface area contributed by atoms with Crippen LogP contribution >= 0.6 is 0 Å². The molecule has 110 valence electrons. The Kier molecular flexibility index (Phi) is 4.93. The number of unbranched alkanes of at least 4 members (excludes halogenated alkanes) is 1. The van der Waals surface area contributed by atoms with Gasteiger partial charge in [-0.3, -0.25) is 0 Å². The predicted octanol–water partition coefficient (Wildman–Crippen LogP) is 3.05. The summed E-state index contributed by atoms with van der Waals surface area (Å²) in [6.07, 6.45) is 8.10. The van der Waals surface area contributed by atoms with Crippen LogP contribution in [0.5, 0.6) is 0 Å². The summed E-state index contributed by atoms with van der Waals surface area (Å²) in [5, 5.41) is 0. The standard InChI is InChI=1S/C17H18O4/c1-2-3-13-20-16(19)17(11-7-8-12-17)21-15(18)14-9-5-4-6-10-14/h4-12H,2-3,13H2,1H3. The Bertz CT molecular complexity index is 545. The lowest BCUT2D eigenvalue weighted by Crippen LogP contribution is -2.40. The Hall–Kier alpha value is -2.36. The molecule has 0 atom stereocenters. The molecular formula is C17H18O4. The molecule has 0 N–H and O–H groups in total. The minimum absolute atomic E-state index is 0.321. The average Bonchev–Trinajstić information content (AvgIpc) is 2.98. The summed E-state index contributed by atoms with van der Waals surface area (Å²) in [5.74, 6) is -1.12. The highest BCUT2D eigenvalue weighted by molar-refractivity contribution is 5.95. The van der Waals surface area contributed by atoms with Crippen molar-refractivity contribution in [2.24, 2.45) is 0 Å². The van der Waals surface area contributed by atoms with Gasteiger partial charge in [-0.05, 0) is 30.7 Å². The van der Waals surface area contributed by atoms with Crippen LogP contribution in [-0.2, 0) is 14.3 Å². The monoisotopic (exact) mass is 286 g/mol. The fourth-order valence-electron chi connectivity index (χ4n) is 1.91. The van der Waals surface area contributed by atoms with Crippen LogP contribution in [0.2, 0.25) is 0 Å². The minimum atomic E-state index is -1.44. The van der Waals surface area contributed by atoms with Crippen LogP contribution in [0.25, 0.3) is 0 Å². The molecule has 0 heterocycles. The molecule has 1 aliphatic carbocycles. The van der Waals surface area contributed by atoms with Gasteiger partial charge in [-0.2, -0.15) is 0 Å². The molecule has 0 fully saturated rings. The van der Waals surface area contributed by atoms with Gasteiger partial charge in [0.15, 0.2) is 0 Å². The number of ether oxygens (including phenoxy) is 2. The molecule has 4 nitrogen and oxygen atoms in total. The predicted molar refractivity (Wildman–Crippen MR) is 78.7 cm³/mol. The van der Waals surface area contributed by atoms with Gasteiger partial charge in [-0.25, -0.2) is 9.59 Å². The van der Waals surface area contributed by atoms with E-state index in [1.54, 1.807) is 42.5 Å². The topological polar surface area (TPSA) is 52.6 Å². The van der Waals surface area contributed by atoms with Gasteiger partial charge in [-0.1, -0.05) is 43.7 Å². The number of carbonyl (C=O) groups is 2. The first-order chi connectivity index (χ1) is 10.2. The van der Waals surface area contributed by atoms with Crippen LogP contribution in [-0.4, -0.2) is 24.1 Å². The number of allylic oxidation sites excluding steroid dienone is 2. The molecule has 1 aromatic rings. The Balaban J connectivity index is 2.09. The van der Waals surface area contributed by atoms with E-state index in [0.29, 0.717) is 12.2 Å². The third kappa shape index (κ3) is 3.60. The van der Waals surface area contributed by atoms with Gasteiger partial charge >= 0.3 is 11.9 Å². The van der Waals surface area contributed by atoms with Gasteiger partial charge in [0.05, 0.1) is 12.2 Å². The second kappa shape index (κ2) is 6.88. The average molecular weight is 286 g/mol. The van der Waals surface area contributed by atoms with Gasteiger partial charge in [0.1, 0.15) is 0 Å². The van der Waals surface area contributed by atoms with Gasteiger partial charge in [0.2, 0.25) is 5.60 Å². The van der Waals surface area contributed by atoms with Crippen molar-refractivity contribution in [1.82, 2.24) is 0 Å². The molecular weight excluding hydrogens is 268 g/mol. The number of carbonyl (C=O) groups excluding carboxylic acids is 2. The van der Waals surface area contributed by atoms with E-state index >= 15 is 0 Å². The second-order valence-corrected chi connectivity index (χ2v) is 4.76. The van der Waals surface area contributed by atoms with Crippen LogP contribution in [0.15, 0.2) is 54.6 Å². The molecule has 0 saturated carbocycles. The van der Waals surface area contributed by atoms with E-state index in [-0.39, 0.29) is 0 Å². The van der Waals surface area contributed by atoms with Crippen molar-refractivity contribution in [2.75, 3.05) is 6.61 Å². The fraction of sp³-hybridized carbons (Fsp3) is 0.294. The lowest BCUT2D eigenvalue weighted by atomic mass is 10.1. The van der Waals surface area contributed by atoms with Crippen molar-refractivity contribution in [1.29, 1.82) is 0 Å². The van der Waals surface area contributed by atoms with Crippen molar-refractivity contribution in [2.45, 2.75) is 25.4 Å². The van der Waals surface area contributed by atoms with E-state index < -0.39 is 17.5 Å². The highest BCUT2D eigenvalue weighted by atomic mass is 16.6. The van der Waals surface area contributed by atoms with Crippen molar-refractivity contribution >= 4 is 11.9 Å². The lowest BCUT2D eigenvalue weighted by molar-refractivity contribution is -0.157. The SMILES string of the molecule is CCCCOC(=O)C1(OC(=O)c2ccccc2)C=CC=C1. The first-order valence-electron chi connectivity index (χ1n) is 7.00. The zero-order valence-corrected chi connectivity index (χ0v) is 12.0. The molecule has 4 heteroatoms. The highest BCUT2D eigenvalue weighted by Gasteiger charge is 2.41. The maximum Gasteiger partial charge on any atom is 0.358 e. The van der Waals surface area contributed by atoms with Gasteiger partial charge < -0.3 is 9.47 Å². The maximum atomic E-state index is 12.2. The van der Waals surface area contributed by atoms with Gasteiger partial charge in [0.25, 0.3) is 0 Å². The number of hydrogen-bond acceptors (Lipinski definition) is 4. The smallest absolute Gasteiger partial charge is 0.358 e. The van der Waals surface area contributed by atoms with E-state index in [9.17, 15) is 9.59 Å². The van der Waals surface area contributed by atoms with Crippen LogP contribution in [0.4, 0.5) is 0 Å². The molecule has 0 radical (unpaired) electrons. The van der Waals surface area contributed by atoms with Gasteiger partial charge in [0, 0.05) is 0 Å². The summed E-state index contributed by atoms with van der Waals surface area (Å²) in [7, 11) is 0. The quantitative estimate of drug-likeness (QED) is 0.596. The summed E-state index contributed by atoms with van der Waals surface area (Å²) in [6.45, 7) is 2.33. The molecule has 0 aliphatic heterocycles. The molecule has 0 bridgehead atoms. The van der Waals surface area contributed by atoms with E-state index in [1.807, 2.05) is 6.92 Å². The largest absolute Gasteiger partial charge is 0.462 e. The van der Waals surface area contributed by atoms with Crippen molar-refractivity contribution < 1.29 is 19.1 Å². The highest BCUT2D eigenvalue weighted by Crippen LogP contribution is 2.24. The van der Waals surface area contributed by atoms with Crippen LogP contribution in [0.3, 0.4) is 0 Å². The molecule has 21 heavy (non-hydrogen) atoms. The zero-order valence-electron chi connectivity index (χ0n) is 12.0. The lowest BCUT2D eigenvalue weighted by Gasteiger charge is -2.23. The van der Waals surface area contributed by atoms with Crippen molar-refractivity contribution in [3.63, 3.8) is 0 Å². The van der Waals surface area contributed by atoms with E-state index in [1.165, 1.54) is 12.2 Å². The maximum absolute atomic E-state index is 12.2. The summed E-state index contributed by atoms with van der Waals surface area (Å²) in [5.41, 5.74) is -1.05. The van der Waals surface area contributed by atoms with Crippen LogP contribution < -0.4 is 0 Å².